The van der Waals surface area contributed by atoms with Gasteiger partial charge in [0.05, 0.1) is 16.8 Å². The molecule has 1 N–H and O–H groups in total. The number of halogens is 1. The van der Waals surface area contributed by atoms with E-state index in [0.29, 0.717) is 0 Å². The van der Waals surface area contributed by atoms with E-state index < -0.39 is 0 Å². The van der Waals surface area contributed by atoms with Gasteiger partial charge in [-0.15, -0.1) is 0 Å². The van der Waals surface area contributed by atoms with Gasteiger partial charge in [0.15, 0.2) is 0 Å². The molecule has 1 aromatic heterocycles. The molecule has 0 amide bonds. The van der Waals surface area contributed by atoms with Crippen LogP contribution in [0.1, 0.15) is 25.1 Å². The topological polar surface area (TPSA) is 24.9 Å². The zero-order chi connectivity index (χ0) is 8.97. The Morgan fingerprint density at radius 3 is 2.92 bits per heavy atom. The van der Waals surface area contributed by atoms with Crippen molar-refractivity contribution in [2.24, 2.45) is 0 Å². The predicted octanol–water partition coefficient (Wildman–Crippen LogP) is 2.41. The summed E-state index contributed by atoms with van der Waals surface area (Å²) in [4.78, 5) is 4.23. The van der Waals surface area contributed by atoms with Crippen LogP contribution < -0.4 is 5.32 Å². The van der Waals surface area contributed by atoms with Crippen LogP contribution in [-0.2, 0) is 0 Å². The van der Waals surface area contributed by atoms with Crippen molar-refractivity contribution in [2.75, 3.05) is 7.05 Å². The summed E-state index contributed by atoms with van der Waals surface area (Å²) >= 11 is 5.97. The number of pyridine rings is 1. The quantitative estimate of drug-likeness (QED) is 0.781. The van der Waals surface area contributed by atoms with E-state index in [1.165, 1.54) is 0 Å². The standard InChI is InChI=1S/C9H13ClN2/c1-3-8(11-2)9-7(10)5-4-6-12-9/h4-6,8,11H,3H2,1-2H3. The highest BCUT2D eigenvalue weighted by Gasteiger charge is 2.10. The van der Waals surface area contributed by atoms with E-state index >= 15 is 0 Å². The molecule has 12 heavy (non-hydrogen) atoms. The maximum atomic E-state index is 5.97. The lowest BCUT2D eigenvalue weighted by atomic mass is 10.1. The average molecular weight is 185 g/mol. The van der Waals surface area contributed by atoms with Crippen LogP contribution >= 0.6 is 11.6 Å². The average Bonchev–Trinajstić information content (AvgIpc) is 2.10. The Balaban J connectivity index is 2.92. The summed E-state index contributed by atoms with van der Waals surface area (Å²) in [6, 6.07) is 3.97. The fourth-order valence-corrected chi connectivity index (χ4v) is 1.44. The van der Waals surface area contributed by atoms with E-state index in [0.717, 1.165) is 17.1 Å². The van der Waals surface area contributed by atoms with E-state index in [4.69, 9.17) is 11.6 Å². The van der Waals surface area contributed by atoms with E-state index in [-0.39, 0.29) is 6.04 Å². The lowest BCUT2D eigenvalue weighted by Crippen LogP contribution is -2.16. The van der Waals surface area contributed by atoms with Gasteiger partial charge in [0, 0.05) is 6.20 Å². The van der Waals surface area contributed by atoms with E-state index in [9.17, 15) is 0 Å². The summed E-state index contributed by atoms with van der Waals surface area (Å²) in [5.74, 6) is 0. The molecule has 0 aliphatic carbocycles. The minimum Gasteiger partial charge on any atom is -0.312 e. The van der Waals surface area contributed by atoms with Crippen molar-refractivity contribution in [2.45, 2.75) is 19.4 Å². The maximum Gasteiger partial charge on any atom is 0.0758 e. The summed E-state index contributed by atoms with van der Waals surface area (Å²) in [6.07, 6.45) is 2.76. The first kappa shape index (κ1) is 9.49. The first-order valence-corrected chi connectivity index (χ1v) is 4.45. The van der Waals surface area contributed by atoms with Crippen LogP contribution in [0.4, 0.5) is 0 Å². The van der Waals surface area contributed by atoms with Gasteiger partial charge in [0.1, 0.15) is 0 Å². The van der Waals surface area contributed by atoms with E-state index in [2.05, 4.69) is 17.2 Å². The number of nitrogens with zero attached hydrogens (tertiary/aromatic N) is 1. The maximum absolute atomic E-state index is 5.97. The number of hydrogen-bond donors (Lipinski definition) is 1. The molecule has 3 heteroatoms. The van der Waals surface area contributed by atoms with Crippen molar-refractivity contribution in [1.29, 1.82) is 0 Å². The second kappa shape index (κ2) is 4.43. The fraction of sp³-hybridized carbons (Fsp3) is 0.444. The van der Waals surface area contributed by atoms with Crippen molar-refractivity contribution in [3.63, 3.8) is 0 Å². The SMILES string of the molecule is CCC(NC)c1ncccc1Cl. The third-order valence-corrected chi connectivity index (χ3v) is 2.19. The summed E-state index contributed by atoms with van der Waals surface area (Å²) < 4.78 is 0. The van der Waals surface area contributed by atoms with Crippen molar-refractivity contribution < 1.29 is 0 Å². The van der Waals surface area contributed by atoms with Crippen LogP contribution in [-0.4, -0.2) is 12.0 Å². The van der Waals surface area contributed by atoms with Gasteiger partial charge in [-0.2, -0.15) is 0 Å². The number of rotatable bonds is 3. The van der Waals surface area contributed by atoms with Gasteiger partial charge in [-0.1, -0.05) is 18.5 Å². The lowest BCUT2D eigenvalue weighted by molar-refractivity contribution is 0.562. The van der Waals surface area contributed by atoms with E-state index in [1.807, 2.05) is 19.2 Å². The zero-order valence-electron chi connectivity index (χ0n) is 7.34. The molecule has 1 rings (SSSR count). The highest BCUT2D eigenvalue weighted by molar-refractivity contribution is 6.31. The van der Waals surface area contributed by atoms with Gasteiger partial charge in [-0.25, -0.2) is 0 Å². The highest BCUT2D eigenvalue weighted by atomic mass is 35.5. The third-order valence-electron chi connectivity index (χ3n) is 1.87. The summed E-state index contributed by atoms with van der Waals surface area (Å²) in [5, 5.41) is 3.90. The van der Waals surface area contributed by atoms with Crippen LogP contribution in [0.2, 0.25) is 5.02 Å². The zero-order valence-corrected chi connectivity index (χ0v) is 8.10. The number of hydrogen-bond acceptors (Lipinski definition) is 2. The van der Waals surface area contributed by atoms with Crippen molar-refractivity contribution >= 4 is 11.6 Å². The molecule has 0 saturated heterocycles. The first-order chi connectivity index (χ1) is 5.79. The van der Waals surface area contributed by atoms with Crippen LogP contribution in [0.3, 0.4) is 0 Å². The normalized spacial score (nSPS) is 12.9. The molecule has 0 radical (unpaired) electrons. The van der Waals surface area contributed by atoms with Gasteiger partial charge >= 0.3 is 0 Å². The second-order valence-corrected chi connectivity index (χ2v) is 3.03. The Bertz CT molecular complexity index is 246. The van der Waals surface area contributed by atoms with Crippen molar-refractivity contribution in [1.82, 2.24) is 10.3 Å². The molecule has 0 aliphatic heterocycles. The van der Waals surface area contributed by atoms with Gasteiger partial charge in [0.25, 0.3) is 0 Å². The Kier molecular flexibility index (Phi) is 3.50. The highest BCUT2D eigenvalue weighted by Crippen LogP contribution is 2.21. The molecule has 0 fully saturated rings. The Morgan fingerprint density at radius 2 is 2.42 bits per heavy atom. The van der Waals surface area contributed by atoms with Gasteiger partial charge < -0.3 is 5.32 Å². The Labute approximate surface area is 78.0 Å². The van der Waals surface area contributed by atoms with Gasteiger partial charge in [-0.3, -0.25) is 4.98 Å². The van der Waals surface area contributed by atoms with Crippen molar-refractivity contribution in [3.8, 4) is 0 Å². The summed E-state index contributed by atoms with van der Waals surface area (Å²) in [5.41, 5.74) is 0.934. The Morgan fingerprint density at radius 1 is 1.67 bits per heavy atom. The third kappa shape index (κ3) is 1.96. The Hall–Kier alpha value is -0.600. The molecule has 1 heterocycles. The molecule has 1 atom stereocenters. The largest absolute Gasteiger partial charge is 0.312 e. The minimum absolute atomic E-state index is 0.263. The van der Waals surface area contributed by atoms with Crippen LogP contribution in [0, 0.1) is 0 Å². The predicted molar refractivity (Wildman–Crippen MR) is 51.3 cm³/mol. The fourth-order valence-electron chi connectivity index (χ4n) is 1.19. The van der Waals surface area contributed by atoms with Crippen LogP contribution in [0.15, 0.2) is 18.3 Å². The molecule has 0 aliphatic rings. The summed E-state index contributed by atoms with van der Waals surface area (Å²) in [6.45, 7) is 2.10. The monoisotopic (exact) mass is 184 g/mol. The molecule has 0 bridgehead atoms. The number of aromatic nitrogens is 1. The van der Waals surface area contributed by atoms with E-state index in [1.54, 1.807) is 6.20 Å². The van der Waals surface area contributed by atoms with Crippen molar-refractivity contribution in [3.05, 3.63) is 29.0 Å². The molecule has 2 nitrogen and oxygen atoms in total. The molecule has 66 valence electrons. The van der Waals surface area contributed by atoms with Gasteiger partial charge in [0.2, 0.25) is 0 Å². The van der Waals surface area contributed by atoms with Crippen LogP contribution in [0.25, 0.3) is 0 Å². The van der Waals surface area contributed by atoms with Crippen LogP contribution in [0.5, 0.6) is 0 Å². The molecule has 1 unspecified atom stereocenters. The smallest absolute Gasteiger partial charge is 0.0758 e. The lowest BCUT2D eigenvalue weighted by Gasteiger charge is -2.13. The minimum atomic E-state index is 0.263. The second-order valence-electron chi connectivity index (χ2n) is 2.62. The molecular weight excluding hydrogens is 172 g/mol. The number of nitrogens with one attached hydrogen (secondary N) is 1. The molecule has 0 saturated carbocycles. The molecule has 1 aromatic rings. The first-order valence-electron chi connectivity index (χ1n) is 4.07. The molecule has 0 spiro atoms. The molecular formula is C9H13ClN2. The van der Waals surface area contributed by atoms with Gasteiger partial charge in [-0.05, 0) is 25.6 Å². The summed E-state index contributed by atoms with van der Waals surface area (Å²) in [7, 11) is 1.92. The molecule has 0 aromatic carbocycles.